The Bertz CT molecular complexity index is 870. The Morgan fingerprint density at radius 3 is 2.10 bits per heavy atom. The van der Waals surface area contributed by atoms with Gasteiger partial charge in [-0.1, -0.05) is 13.8 Å². The molecule has 0 fully saturated rings. The summed E-state index contributed by atoms with van der Waals surface area (Å²) in [4.78, 5) is 33.9. The summed E-state index contributed by atoms with van der Waals surface area (Å²) in [6.45, 7) is 6.27. The minimum absolute atomic E-state index is 0.0265. The van der Waals surface area contributed by atoms with E-state index in [-0.39, 0.29) is 35.6 Å². The molecule has 3 unspecified atom stereocenters. The van der Waals surface area contributed by atoms with Crippen LogP contribution in [-0.2, 0) is 35.5 Å². The highest BCUT2D eigenvalue weighted by Gasteiger charge is 2.29. The lowest BCUT2D eigenvalue weighted by Crippen LogP contribution is -2.50. The van der Waals surface area contributed by atoms with Crippen molar-refractivity contribution in [3.8, 4) is 0 Å². The molecule has 2 aromatic rings. The average Bonchev–Trinajstić information content (AvgIpc) is 3.37. The molecule has 2 aromatic heterocycles. The van der Waals surface area contributed by atoms with Gasteiger partial charge in [0.25, 0.3) is 0 Å². The summed E-state index contributed by atoms with van der Waals surface area (Å²) in [5.41, 5.74) is 2.23. The fourth-order valence-electron chi connectivity index (χ4n) is 4.29. The normalized spacial score (nSPS) is 21.9. The largest absolute Gasteiger partial charge is 0.354 e. The van der Waals surface area contributed by atoms with Gasteiger partial charge in [0, 0.05) is 74.1 Å². The van der Waals surface area contributed by atoms with Crippen LogP contribution >= 0.6 is 0 Å². The number of amides is 2. The number of aromatic nitrogens is 4. The summed E-state index contributed by atoms with van der Waals surface area (Å²) in [6, 6.07) is -0.0765. The predicted octanol–water partition coefficient (Wildman–Crippen LogP) is 1.16. The van der Waals surface area contributed by atoms with Gasteiger partial charge in [-0.3, -0.25) is 9.59 Å². The van der Waals surface area contributed by atoms with Crippen LogP contribution in [-0.4, -0.2) is 43.5 Å². The van der Waals surface area contributed by atoms with Gasteiger partial charge in [-0.2, -0.15) is 0 Å². The van der Waals surface area contributed by atoms with Gasteiger partial charge in [0.05, 0.1) is 12.7 Å². The van der Waals surface area contributed by atoms with Gasteiger partial charge in [0.15, 0.2) is 0 Å². The van der Waals surface area contributed by atoms with E-state index < -0.39 is 0 Å². The van der Waals surface area contributed by atoms with E-state index in [0.29, 0.717) is 6.54 Å². The summed E-state index contributed by atoms with van der Waals surface area (Å²) < 4.78 is 4.22. The van der Waals surface area contributed by atoms with Gasteiger partial charge in [0.1, 0.15) is 0 Å². The van der Waals surface area contributed by atoms with E-state index in [9.17, 15) is 9.59 Å². The summed E-state index contributed by atoms with van der Waals surface area (Å²) in [5.74, 6) is 0.322. The van der Waals surface area contributed by atoms with Gasteiger partial charge in [-0.05, 0) is 18.8 Å². The summed E-state index contributed by atoms with van der Waals surface area (Å²) in [6.07, 6.45) is 10.4. The third kappa shape index (κ3) is 4.36. The molecule has 0 bridgehead atoms. The fraction of sp³-hybridized carbons (Fsp3) is 0.619. The minimum atomic E-state index is -0.0765. The SMILES string of the molecule is CC(C)C(CNC(=O)C1CCn2cncc2C1)NC(=O)C1CCn2cncc2C1. The number of carbonyl (C=O) groups is 2. The van der Waals surface area contributed by atoms with Crippen LogP contribution in [0, 0.1) is 17.8 Å². The second-order valence-electron chi connectivity index (χ2n) is 8.64. The molecule has 156 valence electrons. The zero-order valence-electron chi connectivity index (χ0n) is 17.2. The van der Waals surface area contributed by atoms with E-state index in [0.717, 1.165) is 50.2 Å². The van der Waals surface area contributed by atoms with Crippen LogP contribution in [0.25, 0.3) is 0 Å². The Balaban J connectivity index is 1.29. The highest BCUT2D eigenvalue weighted by Crippen LogP contribution is 2.21. The first-order valence-corrected chi connectivity index (χ1v) is 10.6. The number of nitrogens with one attached hydrogen (secondary N) is 2. The Kier molecular flexibility index (Phi) is 5.69. The molecule has 2 amide bonds. The molecule has 0 radical (unpaired) electrons. The fourth-order valence-corrected chi connectivity index (χ4v) is 4.29. The van der Waals surface area contributed by atoms with E-state index in [1.807, 2.05) is 25.0 Å². The van der Waals surface area contributed by atoms with Crippen LogP contribution in [0.15, 0.2) is 25.0 Å². The molecule has 0 saturated carbocycles. The van der Waals surface area contributed by atoms with Crippen molar-refractivity contribution >= 4 is 11.8 Å². The molecule has 8 heteroatoms. The number of aryl methyl sites for hydroxylation is 2. The number of hydrogen-bond donors (Lipinski definition) is 2. The maximum absolute atomic E-state index is 12.8. The third-order valence-corrected chi connectivity index (χ3v) is 6.32. The molecule has 0 saturated heterocycles. The number of fused-ring (bicyclic) bond motifs is 2. The van der Waals surface area contributed by atoms with Gasteiger partial charge in [-0.25, -0.2) is 9.97 Å². The molecule has 2 aliphatic heterocycles. The second kappa shape index (κ2) is 8.39. The maximum Gasteiger partial charge on any atom is 0.223 e. The zero-order valence-corrected chi connectivity index (χ0v) is 17.2. The Labute approximate surface area is 171 Å². The lowest BCUT2D eigenvalue weighted by Gasteiger charge is -2.29. The average molecular weight is 399 g/mol. The Morgan fingerprint density at radius 2 is 1.55 bits per heavy atom. The van der Waals surface area contributed by atoms with Crippen LogP contribution in [0.4, 0.5) is 0 Å². The molecule has 4 heterocycles. The highest BCUT2D eigenvalue weighted by molar-refractivity contribution is 5.80. The standard InChI is InChI=1S/C21H30N6O2/c1-14(2)19(25-21(29)16-4-6-27-13-23-10-18(27)8-16)11-24-20(28)15-3-5-26-12-22-9-17(26)7-15/h9-10,12-16,19H,3-8,11H2,1-2H3,(H,24,28)(H,25,29). The first-order valence-electron chi connectivity index (χ1n) is 10.6. The molecule has 8 nitrogen and oxygen atoms in total. The van der Waals surface area contributed by atoms with Crippen LogP contribution in [0.1, 0.15) is 38.1 Å². The first-order chi connectivity index (χ1) is 14.0. The summed E-state index contributed by atoms with van der Waals surface area (Å²) in [7, 11) is 0. The van der Waals surface area contributed by atoms with Gasteiger partial charge < -0.3 is 19.8 Å². The highest BCUT2D eigenvalue weighted by atomic mass is 16.2. The lowest BCUT2D eigenvalue weighted by molar-refractivity contribution is -0.128. The topological polar surface area (TPSA) is 93.8 Å². The number of nitrogens with zero attached hydrogens (tertiary/aromatic N) is 4. The predicted molar refractivity (Wildman–Crippen MR) is 108 cm³/mol. The molecule has 0 aromatic carbocycles. The third-order valence-electron chi connectivity index (χ3n) is 6.32. The van der Waals surface area contributed by atoms with Crippen LogP contribution in [0.2, 0.25) is 0 Å². The molecule has 2 aliphatic rings. The second-order valence-corrected chi connectivity index (χ2v) is 8.64. The van der Waals surface area contributed by atoms with E-state index in [1.54, 1.807) is 0 Å². The monoisotopic (exact) mass is 398 g/mol. The molecule has 4 rings (SSSR count). The summed E-state index contributed by atoms with van der Waals surface area (Å²) >= 11 is 0. The number of rotatable bonds is 6. The quantitative estimate of drug-likeness (QED) is 0.764. The zero-order chi connectivity index (χ0) is 20.4. The van der Waals surface area contributed by atoms with Crippen molar-refractivity contribution in [1.82, 2.24) is 29.7 Å². The van der Waals surface area contributed by atoms with Gasteiger partial charge in [0.2, 0.25) is 11.8 Å². The Morgan fingerprint density at radius 1 is 1.00 bits per heavy atom. The van der Waals surface area contributed by atoms with E-state index in [4.69, 9.17) is 0 Å². The van der Waals surface area contributed by atoms with E-state index in [2.05, 4.69) is 43.6 Å². The minimum Gasteiger partial charge on any atom is -0.354 e. The number of imidazole rings is 2. The molecule has 0 aliphatic carbocycles. The van der Waals surface area contributed by atoms with Crippen molar-refractivity contribution < 1.29 is 9.59 Å². The lowest BCUT2D eigenvalue weighted by atomic mass is 9.93. The number of hydrogen-bond acceptors (Lipinski definition) is 4. The van der Waals surface area contributed by atoms with Crippen LogP contribution in [0.5, 0.6) is 0 Å². The summed E-state index contributed by atoms with van der Waals surface area (Å²) in [5, 5.41) is 6.26. The maximum atomic E-state index is 12.8. The van der Waals surface area contributed by atoms with E-state index >= 15 is 0 Å². The molecule has 29 heavy (non-hydrogen) atoms. The molecular formula is C21H30N6O2. The van der Waals surface area contributed by atoms with Crippen molar-refractivity contribution in [1.29, 1.82) is 0 Å². The van der Waals surface area contributed by atoms with Crippen molar-refractivity contribution in [2.24, 2.45) is 17.8 Å². The van der Waals surface area contributed by atoms with Gasteiger partial charge in [-0.15, -0.1) is 0 Å². The van der Waals surface area contributed by atoms with Crippen molar-refractivity contribution in [2.45, 2.75) is 58.7 Å². The van der Waals surface area contributed by atoms with Gasteiger partial charge >= 0.3 is 0 Å². The van der Waals surface area contributed by atoms with E-state index in [1.165, 1.54) is 0 Å². The molecular weight excluding hydrogens is 368 g/mol. The first kappa shape index (κ1) is 19.7. The molecule has 3 atom stereocenters. The van der Waals surface area contributed by atoms with Crippen LogP contribution < -0.4 is 10.6 Å². The number of carbonyl (C=O) groups excluding carboxylic acids is 2. The Hall–Kier alpha value is -2.64. The van der Waals surface area contributed by atoms with Crippen molar-refractivity contribution in [2.75, 3.05) is 6.54 Å². The molecule has 2 N–H and O–H groups in total. The smallest absolute Gasteiger partial charge is 0.223 e. The van der Waals surface area contributed by atoms with Crippen LogP contribution in [0.3, 0.4) is 0 Å². The van der Waals surface area contributed by atoms with Crippen molar-refractivity contribution in [3.05, 3.63) is 36.4 Å². The molecule has 0 spiro atoms. The van der Waals surface area contributed by atoms with Crippen molar-refractivity contribution in [3.63, 3.8) is 0 Å².